The lowest BCUT2D eigenvalue weighted by Gasteiger charge is -2.54. The Morgan fingerprint density at radius 3 is 2.68 bits per heavy atom. The molecule has 19 heavy (non-hydrogen) atoms. The predicted octanol–water partition coefficient (Wildman–Crippen LogP) is 3.50. The number of rotatable bonds is 4. The molecule has 0 aromatic carbocycles. The predicted molar refractivity (Wildman–Crippen MR) is 86.8 cm³/mol. The Kier molecular flexibility index (Phi) is 5.24. The van der Waals surface area contributed by atoms with Crippen molar-refractivity contribution in [3.05, 3.63) is 0 Å². The van der Waals surface area contributed by atoms with Gasteiger partial charge in [0.2, 0.25) is 0 Å². The number of nitrogens with two attached hydrogens (primary N) is 1. The molecule has 0 amide bonds. The number of hydrogen-bond donors (Lipinski definition) is 1. The smallest absolute Gasteiger partial charge is 0.0430 e. The van der Waals surface area contributed by atoms with Crippen molar-refractivity contribution in [2.75, 3.05) is 24.6 Å². The van der Waals surface area contributed by atoms with Gasteiger partial charge in [-0.15, -0.1) is 0 Å². The Balaban J connectivity index is 2.17. The fourth-order valence-corrected chi connectivity index (χ4v) is 5.72. The topological polar surface area (TPSA) is 29.3 Å². The molecule has 3 heteroatoms. The van der Waals surface area contributed by atoms with E-state index in [0.717, 1.165) is 12.6 Å². The normalized spacial score (nSPS) is 36.3. The van der Waals surface area contributed by atoms with E-state index in [1.807, 2.05) is 0 Å². The first kappa shape index (κ1) is 15.7. The van der Waals surface area contributed by atoms with E-state index in [2.05, 4.69) is 37.4 Å². The molecule has 2 saturated heterocycles. The zero-order valence-electron chi connectivity index (χ0n) is 13.1. The second-order valence-corrected chi connectivity index (χ2v) is 8.38. The summed E-state index contributed by atoms with van der Waals surface area (Å²) in [6.07, 6.45) is 8.11. The van der Waals surface area contributed by atoms with E-state index < -0.39 is 0 Å². The summed E-state index contributed by atoms with van der Waals surface area (Å²) in [6, 6.07) is 0.789. The zero-order chi connectivity index (χ0) is 13.9. The third-order valence-electron chi connectivity index (χ3n) is 4.91. The number of piperidine rings is 1. The molecule has 2 atom stereocenters. The van der Waals surface area contributed by atoms with Crippen LogP contribution < -0.4 is 5.73 Å². The summed E-state index contributed by atoms with van der Waals surface area (Å²) in [7, 11) is 0. The van der Waals surface area contributed by atoms with Crippen LogP contribution in [0.4, 0.5) is 0 Å². The number of hydrogen-bond acceptors (Lipinski definition) is 3. The highest BCUT2D eigenvalue weighted by Crippen LogP contribution is 2.44. The summed E-state index contributed by atoms with van der Waals surface area (Å²) < 4.78 is 0. The molecular formula is C16H32N2S. The van der Waals surface area contributed by atoms with Gasteiger partial charge in [-0.05, 0) is 43.4 Å². The average Bonchev–Trinajstić information content (AvgIpc) is 2.38. The fraction of sp³-hybridized carbons (Fsp3) is 1.00. The first-order chi connectivity index (χ1) is 9.03. The largest absolute Gasteiger partial charge is 0.329 e. The van der Waals surface area contributed by atoms with Crippen molar-refractivity contribution >= 4 is 11.8 Å². The molecule has 0 bridgehead atoms. The minimum atomic E-state index is 0.271. The first-order valence-electron chi connectivity index (χ1n) is 8.08. The van der Waals surface area contributed by atoms with E-state index in [1.165, 1.54) is 56.6 Å². The Labute approximate surface area is 123 Å². The van der Waals surface area contributed by atoms with Crippen molar-refractivity contribution in [2.24, 2.45) is 11.1 Å². The van der Waals surface area contributed by atoms with Crippen LogP contribution in [-0.4, -0.2) is 41.1 Å². The van der Waals surface area contributed by atoms with E-state index in [9.17, 15) is 0 Å². The first-order valence-corrected chi connectivity index (χ1v) is 9.23. The molecule has 2 heterocycles. The monoisotopic (exact) mass is 284 g/mol. The second kappa shape index (κ2) is 6.36. The van der Waals surface area contributed by atoms with Gasteiger partial charge in [-0.3, -0.25) is 4.90 Å². The molecule has 2 aliphatic heterocycles. The number of nitrogens with zero attached hydrogens (tertiary/aromatic N) is 1. The highest BCUT2D eigenvalue weighted by Gasteiger charge is 2.46. The molecule has 2 fully saturated rings. The Hall–Kier alpha value is 0.270. The standard InChI is InChI=1S/C16H32N2S/c1-4-7-14-8-5-6-9-18(14)16(11-17)10-15(2,3)12-19-13-16/h14H,4-13,17H2,1-3H3. The molecule has 2 nitrogen and oxygen atoms in total. The molecule has 112 valence electrons. The van der Waals surface area contributed by atoms with Crippen LogP contribution in [0.1, 0.15) is 59.3 Å². The summed E-state index contributed by atoms with van der Waals surface area (Å²) in [5, 5.41) is 0. The third kappa shape index (κ3) is 3.48. The lowest BCUT2D eigenvalue weighted by Crippen LogP contribution is -2.63. The van der Waals surface area contributed by atoms with Crippen LogP contribution >= 0.6 is 11.8 Å². The molecule has 0 radical (unpaired) electrons. The van der Waals surface area contributed by atoms with Crippen molar-refractivity contribution in [2.45, 2.75) is 70.9 Å². The molecule has 0 aliphatic carbocycles. The molecule has 2 rings (SSSR count). The lowest BCUT2D eigenvalue weighted by molar-refractivity contribution is 0.00480. The van der Waals surface area contributed by atoms with Gasteiger partial charge in [0, 0.05) is 23.9 Å². The number of likely N-dealkylation sites (tertiary alicyclic amines) is 1. The Morgan fingerprint density at radius 2 is 2.05 bits per heavy atom. The van der Waals surface area contributed by atoms with Gasteiger partial charge in [-0.25, -0.2) is 0 Å². The quantitative estimate of drug-likeness (QED) is 0.857. The van der Waals surface area contributed by atoms with E-state index in [-0.39, 0.29) is 5.54 Å². The van der Waals surface area contributed by atoms with Crippen molar-refractivity contribution in [3.8, 4) is 0 Å². The maximum absolute atomic E-state index is 6.29. The highest BCUT2D eigenvalue weighted by atomic mass is 32.2. The van der Waals surface area contributed by atoms with Gasteiger partial charge in [-0.2, -0.15) is 11.8 Å². The van der Waals surface area contributed by atoms with Crippen LogP contribution in [0.5, 0.6) is 0 Å². The maximum Gasteiger partial charge on any atom is 0.0430 e. The Bertz CT molecular complexity index is 290. The molecule has 0 saturated carbocycles. The van der Waals surface area contributed by atoms with Crippen LogP contribution in [-0.2, 0) is 0 Å². The number of thioether (sulfide) groups is 1. The third-order valence-corrected chi connectivity index (χ3v) is 6.64. The summed E-state index contributed by atoms with van der Waals surface area (Å²) in [6.45, 7) is 9.27. The van der Waals surface area contributed by atoms with Gasteiger partial charge in [-0.1, -0.05) is 33.6 Å². The van der Waals surface area contributed by atoms with Gasteiger partial charge < -0.3 is 5.73 Å². The van der Waals surface area contributed by atoms with Crippen molar-refractivity contribution in [3.63, 3.8) is 0 Å². The summed E-state index contributed by atoms with van der Waals surface area (Å²) >= 11 is 2.13. The van der Waals surface area contributed by atoms with Gasteiger partial charge in [0.1, 0.15) is 0 Å². The molecule has 2 unspecified atom stereocenters. The van der Waals surface area contributed by atoms with E-state index >= 15 is 0 Å². The van der Waals surface area contributed by atoms with E-state index in [1.54, 1.807) is 0 Å². The molecule has 2 aliphatic rings. The van der Waals surface area contributed by atoms with Gasteiger partial charge in [0.25, 0.3) is 0 Å². The van der Waals surface area contributed by atoms with Crippen LogP contribution in [0.25, 0.3) is 0 Å². The van der Waals surface area contributed by atoms with Crippen LogP contribution in [0.15, 0.2) is 0 Å². The average molecular weight is 285 g/mol. The van der Waals surface area contributed by atoms with Crippen LogP contribution in [0, 0.1) is 5.41 Å². The van der Waals surface area contributed by atoms with Crippen molar-refractivity contribution in [1.82, 2.24) is 4.90 Å². The van der Waals surface area contributed by atoms with Gasteiger partial charge >= 0.3 is 0 Å². The maximum atomic E-state index is 6.29. The summed E-state index contributed by atoms with van der Waals surface area (Å²) in [5.41, 5.74) is 7.01. The molecule has 2 N–H and O–H groups in total. The van der Waals surface area contributed by atoms with E-state index in [0.29, 0.717) is 5.41 Å². The SMILES string of the molecule is CCCC1CCCCN1C1(CN)CSCC(C)(C)C1. The summed E-state index contributed by atoms with van der Waals surface area (Å²) in [5.74, 6) is 2.54. The Morgan fingerprint density at radius 1 is 1.26 bits per heavy atom. The lowest BCUT2D eigenvalue weighted by atomic mass is 9.77. The second-order valence-electron chi connectivity index (χ2n) is 7.39. The fourth-order valence-electron chi connectivity index (χ4n) is 4.20. The zero-order valence-corrected chi connectivity index (χ0v) is 13.9. The van der Waals surface area contributed by atoms with Crippen LogP contribution in [0.2, 0.25) is 0 Å². The van der Waals surface area contributed by atoms with E-state index in [4.69, 9.17) is 5.73 Å². The molecule has 0 spiro atoms. The van der Waals surface area contributed by atoms with Gasteiger partial charge in [0.05, 0.1) is 0 Å². The van der Waals surface area contributed by atoms with Crippen LogP contribution in [0.3, 0.4) is 0 Å². The van der Waals surface area contributed by atoms with Crippen molar-refractivity contribution in [1.29, 1.82) is 0 Å². The minimum absolute atomic E-state index is 0.271. The molecular weight excluding hydrogens is 252 g/mol. The van der Waals surface area contributed by atoms with Gasteiger partial charge in [0.15, 0.2) is 0 Å². The molecule has 0 aromatic heterocycles. The minimum Gasteiger partial charge on any atom is -0.329 e. The molecule has 0 aromatic rings. The van der Waals surface area contributed by atoms with Crippen molar-refractivity contribution < 1.29 is 0 Å². The highest BCUT2D eigenvalue weighted by molar-refractivity contribution is 7.99. The summed E-state index contributed by atoms with van der Waals surface area (Å²) in [4.78, 5) is 2.83.